The van der Waals surface area contributed by atoms with Crippen molar-refractivity contribution in [1.82, 2.24) is 10.2 Å². The first-order chi connectivity index (χ1) is 17.4. The number of carbonyl (C=O) groups is 1. The highest BCUT2D eigenvalue weighted by molar-refractivity contribution is 5.78. The standard InChI is InChI=1S/C28H32F4N2O3/c1-15(2)21-11-22(25(36-5)12-24(21)29)23-13-33-7-6-18(23)14-34-17(4)26(37-27(34)35)19-8-16(3)9-20(10-19)28(30,31)32/h8-12,15,17,26,33H,6-7,13-14H2,1-5H3/t17-,26-/m0/s1. The number of nitrogens with zero attached hydrogens (tertiary/aromatic N) is 1. The fourth-order valence-electron chi connectivity index (χ4n) is 5.11. The molecule has 0 radical (unpaired) electrons. The Bertz CT molecular complexity index is 1220. The fraction of sp³-hybridized carbons (Fsp3) is 0.464. The number of ether oxygens (including phenoxy) is 2. The Morgan fingerprint density at radius 1 is 1.19 bits per heavy atom. The molecule has 0 unspecified atom stereocenters. The smallest absolute Gasteiger partial charge is 0.416 e. The molecule has 1 saturated heterocycles. The van der Waals surface area contributed by atoms with E-state index in [9.17, 15) is 22.4 Å². The number of rotatable bonds is 6. The van der Waals surface area contributed by atoms with Crippen LogP contribution in [0.15, 0.2) is 35.9 Å². The second kappa shape index (κ2) is 10.4. The highest BCUT2D eigenvalue weighted by Gasteiger charge is 2.41. The Labute approximate surface area is 214 Å². The molecule has 2 aromatic carbocycles. The molecule has 2 aliphatic heterocycles. The number of alkyl halides is 3. The van der Waals surface area contributed by atoms with Gasteiger partial charge in [-0.1, -0.05) is 25.5 Å². The molecule has 2 heterocycles. The zero-order valence-corrected chi connectivity index (χ0v) is 21.6. The SMILES string of the molecule is COc1cc(F)c(C(C)C)cc1C1=C(CN2C(=O)O[C@H](c3cc(C)cc(C(F)(F)F)c3)[C@@H]2C)CCNC1. The van der Waals surface area contributed by atoms with Crippen molar-refractivity contribution in [3.05, 3.63) is 69.5 Å². The highest BCUT2D eigenvalue weighted by Crippen LogP contribution is 2.39. The van der Waals surface area contributed by atoms with Crippen molar-refractivity contribution < 1.29 is 31.8 Å². The predicted molar refractivity (Wildman–Crippen MR) is 133 cm³/mol. The van der Waals surface area contributed by atoms with Crippen LogP contribution in [-0.2, 0) is 10.9 Å². The summed E-state index contributed by atoms with van der Waals surface area (Å²) in [6.45, 7) is 8.67. The molecule has 1 fully saturated rings. The molecule has 0 saturated carbocycles. The third-order valence-electron chi connectivity index (χ3n) is 7.11. The van der Waals surface area contributed by atoms with Crippen molar-refractivity contribution >= 4 is 11.7 Å². The van der Waals surface area contributed by atoms with Gasteiger partial charge in [0.15, 0.2) is 0 Å². The van der Waals surface area contributed by atoms with Gasteiger partial charge in [-0.15, -0.1) is 0 Å². The molecule has 2 aromatic rings. The first-order valence-electron chi connectivity index (χ1n) is 12.4. The summed E-state index contributed by atoms with van der Waals surface area (Å²) in [5.41, 5.74) is 3.22. The Hall–Kier alpha value is -3.07. The molecule has 0 bridgehead atoms. The van der Waals surface area contributed by atoms with Gasteiger partial charge in [-0.2, -0.15) is 13.2 Å². The Morgan fingerprint density at radius 3 is 2.57 bits per heavy atom. The van der Waals surface area contributed by atoms with E-state index in [2.05, 4.69) is 5.32 Å². The summed E-state index contributed by atoms with van der Waals surface area (Å²) in [6, 6.07) is 6.47. The molecule has 2 aliphatic rings. The summed E-state index contributed by atoms with van der Waals surface area (Å²) in [5, 5.41) is 3.34. The third kappa shape index (κ3) is 5.46. The Morgan fingerprint density at radius 2 is 1.92 bits per heavy atom. The maximum atomic E-state index is 14.6. The molecule has 9 heteroatoms. The molecule has 0 aliphatic carbocycles. The topological polar surface area (TPSA) is 50.8 Å². The summed E-state index contributed by atoms with van der Waals surface area (Å²) in [6.07, 6.45) is -5.25. The maximum absolute atomic E-state index is 14.6. The van der Waals surface area contributed by atoms with Gasteiger partial charge in [0.1, 0.15) is 17.7 Å². The van der Waals surface area contributed by atoms with Crippen LogP contribution < -0.4 is 10.1 Å². The normalized spacial score (nSPS) is 20.6. The summed E-state index contributed by atoms with van der Waals surface area (Å²) < 4.78 is 65.9. The molecule has 1 N–H and O–H groups in total. The predicted octanol–water partition coefficient (Wildman–Crippen LogP) is 6.61. The second-order valence-corrected chi connectivity index (χ2v) is 10.0. The van der Waals surface area contributed by atoms with Gasteiger partial charge < -0.3 is 14.8 Å². The van der Waals surface area contributed by atoms with E-state index in [0.717, 1.165) is 28.8 Å². The first-order valence-corrected chi connectivity index (χ1v) is 12.4. The van der Waals surface area contributed by atoms with Crippen LogP contribution in [0.25, 0.3) is 5.57 Å². The van der Waals surface area contributed by atoms with Crippen LogP contribution in [0.3, 0.4) is 0 Å². The molecule has 0 spiro atoms. The van der Waals surface area contributed by atoms with E-state index in [1.54, 1.807) is 30.9 Å². The average Bonchev–Trinajstić information content (AvgIpc) is 3.11. The molecule has 5 nitrogen and oxygen atoms in total. The van der Waals surface area contributed by atoms with Crippen LogP contribution in [0.1, 0.15) is 67.0 Å². The van der Waals surface area contributed by atoms with E-state index in [4.69, 9.17) is 9.47 Å². The number of cyclic esters (lactones) is 1. The number of benzene rings is 2. The molecule has 2 atom stereocenters. The van der Waals surface area contributed by atoms with Gasteiger partial charge >= 0.3 is 12.3 Å². The van der Waals surface area contributed by atoms with Crippen LogP contribution in [-0.4, -0.2) is 43.8 Å². The van der Waals surface area contributed by atoms with E-state index < -0.39 is 30.0 Å². The molecular weight excluding hydrogens is 488 g/mol. The van der Waals surface area contributed by atoms with Crippen molar-refractivity contribution in [3.8, 4) is 5.75 Å². The van der Waals surface area contributed by atoms with Crippen molar-refractivity contribution in [2.45, 2.75) is 58.4 Å². The van der Waals surface area contributed by atoms with E-state index in [0.29, 0.717) is 42.0 Å². The number of methoxy groups -OCH3 is 1. The third-order valence-corrected chi connectivity index (χ3v) is 7.11. The molecule has 4 rings (SSSR count). The highest BCUT2D eigenvalue weighted by atomic mass is 19.4. The van der Waals surface area contributed by atoms with Gasteiger partial charge in [0.25, 0.3) is 0 Å². The van der Waals surface area contributed by atoms with Crippen LogP contribution in [0.5, 0.6) is 5.75 Å². The van der Waals surface area contributed by atoms with Gasteiger partial charge in [-0.25, -0.2) is 9.18 Å². The lowest BCUT2D eigenvalue weighted by molar-refractivity contribution is -0.137. The summed E-state index contributed by atoms with van der Waals surface area (Å²) in [7, 11) is 1.49. The van der Waals surface area contributed by atoms with Crippen molar-refractivity contribution in [2.24, 2.45) is 0 Å². The Kier molecular flexibility index (Phi) is 7.55. The van der Waals surface area contributed by atoms with E-state index in [1.807, 2.05) is 13.8 Å². The zero-order valence-electron chi connectivity index (χ0n) is 21.6. The largest absolute Gasteiger partial charge is 0.496 e. The number of nitrogens with one attached hydrogen (secondary N) is 1. The van der Waals surface area contributed by atoms with Crippen LogP contribution >= 0.6 is 0 Å². The van der Waals surface area contributed by atoms with E-state index in [-0.39, 0.29) is 18.3 Å². The minimum atomic E-state index is -4.50. The fourth-order valence-corrected chi connectivity index (χ4v) is 5.11. The van der Waals surface area contributed by atoms with Gasteiger partial charge in [-0.05, 0) is 73.2 Å². The lowest BCUT2D eigenvalue weighted by Crippen LogP contribution is -2.36. The van der Waals surface area contributed by atoms with Crippen LogP contribution in [0.4, 0.5) is 22.4 Å². The van der Waals surface area contributed by atoms with Crippen LogP contribution in [0, 0.1) is 12.7 Å². The average molecular weight is 521 g/mol. The summed E-state index contributed by atoms with van der Waals surface area (Å²) in [5.74, 6) is 0.0421. The minimum Gasteiger partial charge on any atom is -0.496 e. The first kappa shape index (κ1) is 27.0. The number of amides is 1. The quantitative estimate of drug-likeness (QED) is 0.436. The number of hydrogen-bond donors (Lipinski definition) is 1. The van der Waals surface area contributed by atoms with Crippen molar-refractivity contribution in [1.29, 1.82) is 0 Å². The number of halogens is 4. The lowest BCUT2D eigenvalue weighted by atomic mass is 9.90. The number of carbonyl (C=O) groups excluding carboxylic acids is 1. The number of hydrogen-bond acceptors (Lipinski definition) is 4. The lowest BCUT2D eigenvalue weighted by Gasteiger charge is -2.28. The molecular formula is C28H32F4N2O3. The number of aryl methyl sites for hydroxylation is 1. The van der Waals surface area contributed by atoms with Gasteiger partial charge in [0.05, 0.1) is 18.7 Å². The van der Waals surface area contributed by atoms with Gasteiger partial charge in [0.2, 0.25) is 0 Å². The monoisotopic (exact) mass is 520 g/mol. The van der Waals surface area contributed by atoms with Crippen molar-refractivity contribution in [3.63, 3.8) is 0 Å². The van der Waals surface area contributed by atoms with Crippen LogP contribution in [0.2, 0.25) is 0 Å². The molecule has 200 valence electrons. The second-order valence-electron chi connectivity index (χ2n) is 10.0. The Balaban J connectivity index is 1.69. The molecule has 1 amide bonds. The molecule has 0 aromatic heterocycles. The summed E-state index contributed by atoms with van der Waals surface area (Å²) >= 11 is 0. The maximum Gasteiger partial charge on any atom is 0.416 e. The minimum absolute atomic E-state index is 0.0319. The molecule has 37 heavy (non-hydrogen) atoms. The van der Waals surface area contributed by atoms with Gasteiger partial charge in [0, 0.05) is 24.7 Å². The van der Waals surface area contributed by atoms with E-state index >= 15 is 0 Å². The van der Waals surface area contributed by atoms with Gasteiger partial charge in [-0.3, -0.25) is 4.90 Å². The summed E-state index contributed by atoms with van der Waals surface area (Å²) in [4.78, 5) is 14.5. The van der Waals surface area contributed by atoms with Crippen molar-refractivity contribution in [2.75, 3.05) is 26.7 Å². The zero-order chi connectivity index (χ0) is 27.1. The van der Waals surface area contributed by atoms with E-state index in [1.165, 1.54) is 13.2 Å².